The van der Waals surface area contributed by atoms with Gasteiger partial charge in [0.2, 0.25) is 0 Å². The van der Waals surface area contributed by atoms with Gasteiger partial charge in [0.05, 0.1) is 12.7 Å². The van der Waals surface area contributed by atoms with E-state index in [9.17, 15) is 4.79 Å². The van der Waals surface area contributed by atoms with Gasteiger partial charge in [0, 0.05) is 26.3 Å². The number of carbonyl (C=O) groups is 1. The predicted octanol–water partition coefficient (Wildman–Crippen LogP) is 1.97. The Kier molecular flexibility index (Phi) is 4.92. The molecule has 1 N–H and O–H groups in total. The molecule has 2 unspecified atom stereocenters. The second-order valence-corrected chi connectivity index (χ2v) is 6.17. The van der Waals surface area contributed by atoms with E-state index in [1.165, 1.54) is 12.8 Å². The Morgan fingerprint density at radius 2 is 2.32 bits per heavy atom. The van der Waals surface area contributed by atoms with Crippen LogP contribution in [-0.4, -0.2) is 52.2 Å². The summed E-state index contributed by atoms with van der Waals surface area (Å²) in [6.45, 7) is 6.02. The number of rotatable bonds is 3. The first-order valence-electron chi connectivity index (χ1n) is 8.30. The van der Waals surface area contributed by atoms with Crippen molar-refractivity contribution >= 4 is 11.8 Å². The Hall–Kier alpha value is -1.63. The summed E-state index contributed by atoms with van der Waals surface area (Å²) in [7, 11) is 0. The number of nitrogens with zero attached hydrogens (tertiary/aromatic N) is 4. The Balaban J connectivity index is 1.60. The van der Waals surface area contributed by atoms with Crippen LogP contribution < -0.4 is 5.32 Å². The molecular weight excluding hydrogens is 282 g/mol. The first-order valence-corrected chi connectivity index (χ1v) is 8.30. The van der Waals surface area contributed by atoms with Gasteiger partial charge in [-0.2, -0.15) is 9.90 Å². The van der Waals surface area contributed by atoms with Gasteiger partial charge in [-0.15, -0.1) is 5.10 Å². The molecule has 0 bridgehead atoms. The number of aromatic nitrogens is 3. The highest BCUT2D eigenvalue weighted by atomic mass is 16.5. The highest BCUT2D eigenvalue weighted by molar-refractivity contribution is 5.88. The summed E-state index contributed by atoms with van der Waals surface area (Å²) < 4.78 is 5.52. The fourth-order valence-corrected chi connectivity index (χ4v) is 3.36. The van der Waals surface area contributed by atoms with E-state index in [2.05, 4.69) is 15.5 Å². The molecule has 1 aromatic rings. The molecular formula is C15H25N5O2. The van der Waals surface area contributed by atoms with Crippen molar-refractivity contribution in [2.45, 2.75) is 39.2 Å². The van der Waals surface area contributed by atoms with Crippen LogP contribution in [0.25, 0.3) is 0 Å². The van der Waals surface area contributed by atoms with Crippen LogP contribution >= 0.6 is 0 Å². The van der Waals surface area contributed by atoms with E-state index in [0.29, 0.717) is 24.2 Å². The summed E-state index contributed by atoms with van der Waals surface area (Å²) in [5.41, 5.74) is 0. The zero-order chi connectivity index (χ0) is 15.4. The van der Waals surface area contributed by atoms with Gasteiger partial charge in [0.1, 0.15) is 0 Å². The van der Waals surface area contributed by atoms with Gasteiger partial charge in [0.25, 0.3) is 0 Å². The van der Waals surface area contributed by atoms with Gasteiger partial charge >= 0.3 is 6.03 Å². The molecule has 2 aliphatic rings. The third-order valence-electron chi connectivity index (χ3n) is 4.68. The van der Waals surface area contributed by atoms with Crippen LogP contribution in [0.4, 0.5) is 10.6 Å². The Labute approximate surface area is 131 Å². The highest BCUT2D eigenvalue weighted by Crippen LogP contribution is 2.29. The van der Waals surface area contributed by atoms with Crippen molar-refractivity contribution in [2.24, 2.45) is 11.8 Å². The molecule has 1 aromatic heterocycles. The molecule has 7 nitrogen and oxygen atoms in total. The van der Waals surface area contributed by atoms with Crippen LogP contribution in [0.15, 0.2) is 6.20 Å². The van der Waals surface area contributed by atoms with Gasteiger partial charge in [-0.05, 0) is 38.0 Å². The van der Waals surface area contributed by atoms with Crippen LogP contribution in [0.5, 0.6) is 0 Å². The Morgan fingerprint density at radius 1 is 1.41 bits per heavy atom. The second-order valence-electron chi connectivity index (χ2n) is 6.17. The average molecular weight is 307 g/mol. The van der Waals surface area contributed by atoms with Gasteiger partial charge < -0.3 is 9.64 Å². The van der Waals surface area contributed by atoms with E-state index in [4.69, 9.17) is 4.74 Å². The molecule has 0 spiro atoms. The molecule has 2 fully saturated rings. The second kappa shape index (κ2) is 7.09. The third-order valence-corrected chi connectivity index (χ3v) is 4.68. The first kappa shape index (κ1) is 15.3. The maximum atomic E-state index is 12.5. The summed E-state index contributed by atoms with van der Waals surface area (Å²) in [6.07, 6.45) is 6.19. The number of urea groups is 1. The summed E-state index contributed by atoms with van der Waals surface area (Å²) >= 11 is 0. The minimum absolute atomic E-state index is 0.0611. The molecule has 22 heavy (non-hydrogen) atoms. The smallest absolute Gasteiger partial charge is 0.323 e. The van der Waals surface area contributed by atoms with E-state index in [-0.39, 0.29) is 6.03 Å². The molecule has 2 saturated heterocycles. The van der Waals surface area contributed by atoms with Crippen molar-refractivity contribution < 1.29 is 9.53 Å². The normalized spacial score (nSPS) is 26.0. The van der Waals surface area contributed by atoms with Crippen LogP contribution in [0.2, 0.25) is 0 Å². The van der Waals surface area contributed by atoms with Crippen LogP contribution in [-0.2, 0) is 11.3 Å². The molecule has 0 aliphatic carbocycles. The van der Waals surface area contributed by atoms with Crippen molar-refractivity contribution in [3.63, 3.8) is 0 Å². The van der Waals surface area contributed by atoms with Crippen LogP contribution in [0.3, 0.4) is 0 Å². The van der Waals surface area contributed by atoms with Gasteiger partial charge in [-0.1, -0.05) is 6.42 Å². The number of hydrogen-bond donors (Lipinski definition) is 1. The third kappa shape index (κ3) is 3.58. The minimum Gasteiger partial charge on any atom is -0.381 e. The first-order chi connectivity index (χ1) is 10.8. The molecule has 3 heterocycles. The largest absolute Gasteiger partial charge is 0.381 e. The summed E-state index contributed by atoms with van der Waals surface area (Å²) in [5, 5.41) is 11.2. The number of aryl methyl sites for hydroxylation is 1. The molecule has 0 aromatic carbocycles. The zero-order valence-corrected chi connectivity index (χ0v) is 13.2. The van der Waals surface area contributed by atoms with E-state index in [1.807, 2.05) is 11.8 Å². The van der Waals surface area contributed by atoms with Crippen molar-refractivity contribution in [1.29, 1.82) is 0 Å². The van der Waals surface area contributed by atoms with Crippen LogP contribution in [0, 0.1) is 11.8 Å². The van der Waals surface area contributed by atoms with Crippen molar-refractivity contribution in [3.8, 4) is 0 Å². The Morgan fingerprint density at radius 3 is 3.05 bits per heavy atom. The Bertz CT molecular complexity index is 498. The maximum absolute atomic E-state index is 12.5. The molecule has 3 rings (SSSR count). The molecule has 7 heteroatoms. The summed E-state index contributed by atoms with van der Waals surface area (Å²) in [5.74, 6) is 1.69. The molecule has 2 atom stereocenters. The number of carbonyl (C=O) groups excluding carboxylic acids is 1. The lowest BCUT2D eigenvalue weighted by Crippen LogP contribution is -2.39. The van der Waals surface area contributed by atoms with E-state index in [1.54, 1.807) is 11.0 Å². The van der Waals surface area contributed by atoms with Gasteiger partial charge in [0.15, 0.2) is 5.82 Å². The SMILES string of the molecule is CCn1ncc(NC(=O)N2CCCCC(C3CCOC3)C2)n1. The average Bonchev–Trinajstić information content (AvgIpc) is 3.15. The maximum Gasteiger partial charge on any atom is 0.323 e. The van der Waals surface area contributed by atoms with Crippen molar-refractivity contribution in [2.75, 3.05) is 31.6 Å². The molecule has 2 amide bonds. The van der Waals surface area contributed by atoms with E-state index in [0.717, 1.165) is 39.1 Å². The van der Waals surface area contributed by atoms with Crippen LogP contribution in [0.1, 0.15) is 32.6 Å². The summed E-state index contributed by atoms with van der Waals surface area (Å²) in [6, 6.07) is -0.0611. The lowest BCUT2D eigenvalue weighted by Gasteiger charge is -2.27. The minimum atomic E-state index is -0.0611. The highest BCUT2D eigenvalue weighted by Gasteiger charge is 2.30. The zero-order valence-electron chi connectivity index (χ0n) is 13.2. The monoisotopic (exact) mass is 307 g/mol. The number of nitrogens with one attached hydrogen (secondary N) is 1. The van der Waals surface area contributed by atoms with Crippen molar-refractivity contribution in [1.82, 2.24) is 19.9 Å². The van der Waals surface area contributed by atoms with Crippen molar-refractivity contribution in [3.05, 3.63) is 6.20 Å². The molecule has 0 saturated carbocycles. The number of likely N-dealkylation sites (tertiary alicyclic amines) is 1. The van der Waals surface area contributed by atoms with Gasteiger partial charge in [-0.25, -0.2) is 4.79 Å². The molecule has 2 aliphatic heterocycles. The number of ether oxygens (including phenoxy) is 1. The lowest BCUT2D eigenvalue weighted by molar-refractivity contribution is 0.157. The topological polar surface area (TPSA) is 72.3 Å². The number of anilines is 1. The molecule has 122 valence electrons. The van der Waals surface area contributed by atoms with Gasteiger partial charge in [-0.3, -0.25) is 5.32 Å². The number of amides is 2. The lowest BCUT2D eigenvalue weighted by atomic mass is 9.88. The fraction of sp³-hybridized carbons (Fsp3) is 0.800. The standard InChI is InChI=1S/C15H25N5O2/c1-2-20-16-9-14(18-20)17-15(21)19-7-4-3-5-12(10-19)13-6-8-22-11-13/h9,12-13H,2-8,10-11H2,1H3,(H,17,18,21). The molecule has 0 radical (unpaired) electrons. The predicted molar refractivity (Wildman–Crippen MR) is 82.6 cm³/mol. The summed E-state index contributed by atoms with van der Waals surface area (Å²) in [4.78, 5) is 16.0. The quantitative estimate of drug-likeness (QED) is 0.926. The fourth-order valence-electron chi connectivity index (χ4n) is 3.36. The van der Waals surface area contributed by atoms with E-state index < -0.39 is 0 Å². The number of hydrogen-bond acceptors (Lipinski definition) is 4. The van der Waals surface area contributed by atoms with E-state index >= 15 is 0 Å².